The number of hydrogen-bond acceptors (Lipinski definition) is 4. The number of nitrogens with two attached hydrogens (primary N) is 1. The third kappa shape index (κ3) is 2.85. The Morgan fingerprint density at radius 1 is 1.16 bits per heavy atom. The van der Waals surface area contributed by atoms with Gasteiger partial charge in [-0.15, -0.1) is 0 Å². The Balaban J connectivity index is 2.38. The lowest BCUT2D eigenvalue weighted by molar-refractivity contribution is 0.601. The molecule has 0 fully saturated rings. The largest absolute Gasteiger partial charge is 0.399 e. The van der Waals surface area contributed by atoms with Crippen molar-refractivity contribution in [3.63, 3.8) is 0 Å². The highest BCUT2D eigenvalue weighted by molar-refractivity contribution is 7.92. The normalized spacial score (nSPS) is 11.3. The van der Waals surface area contributed by atoms with E-state index in [1.165, 1.54) is 6.07 Å². The van der Waals surface area contributed by atoms with Gasteiger partial charge in [-0.25, -0.2) is 8.42 Å². The molecule has 5 nitrogen and oxygen atoms in total. The molecule has 0 amide bonds. The molecular weight excluding hydrogens is 262 g/mol. The van der Waals surface area contributed by atoms with Crippen molar-refractivity contribution in [2.45, 2.75) is 18.7 Å². The Morgan fingerprint density at radius 2 is 1.89 bits per heavy atom. The summed E-state index contributed by atoms with van der Waals surface area (Å²) >= 11 is 0. The number of aryl methyl sites for hydroxylation is 2. The molecule has 0 saturated carbocycles. The van der Waals surface area contributed by atoms with Crippen LogP contribution in [0.3, 0.4) is 0 Å². The Labute approximate surface area is 112 Å². The average molecular weight is 277 g/mol. The molecule has 19 heavy (non-hydrogen) atoms. The zero-order chi connectivity index (χ0) is 14.0. The lowest BCUT2D eigenvalue weighted by atomic mass is 10.2. The van der Waals surface area contributed by atoms with E-state index < -0.39 is 10.0 Å². The maximum atomic E-state index is 12.2. The minimum Gasteiger partial charge on any atom is -0.399 e. The number of benzene rings is 1. The van der Waals surface area contributed by atoms with Gasteiger partial charge in [-0.2, -0.15) is 0 Å². The second kappa shape index (κ2) is 4.89. The standard InChI is InChI=1S/C13H15N3O2S/c1-9-7-11(3-4-12(9)14)19(17,18)16-13-5-6-15-8-10(13)2/h3-8H,14H2,1-2H3,(H,15,16). The molecule has 0 radical (unpaired) electrons. The maximum Gasteiger partial charge on any atom is 0.261 e. The molecule has 0 aliphatic heterocycles. The first-order chi connectivity index (χ1) is 8.90. The van der Waals surface area contributed by atoms with Crippen LogP contribution in [0.1, 0.15) is 11.1 Å². The van der Waals surface area contributed by atoms with Crippen molar-refractivity contribution in [1.29, 1.82) is 0 Å². The summed E-state index contributed by atoms with van der Waals surface area (Å²) in [6.07, 6.45) is 3.14. The summed E-state index contributed by atoms with van der Waals surface area (Å²) in [5, 5.41) is 0. The molecule has 0 atom stereocenters. The summed E-state index contributed by atoms with van der Waals surface area (Å²) < 4.78 is 27.0. The minimum atomic E-state index is -3.61. The summed E-state index contributed by atoms with van der Waals surface area (Å²) in [6.45, 7) is 3.56. The van der Waals surface area contributed by atoms with Gasteiger partial charge >= 0.3 is 0 Å². The number of hydrogen-bond donors (Lipinski definition) is 2. The van der Waals surface area contributed by atoms with E-state index in [9.17, 15) is 8.42 Å². The Hall–Kier alpha value is -2.08. The molecule has 1 aromatic carbocycles. The van der Waals surface area contributed by atoms with Crippen LogP contribution in [-0.4, -0.2) is 13.4 Å². The fraction of sp³-hybridized carbons (Fsp3) is 0.154. The van der Waals surface area contributed by atoms with Gasteiger partial charge in [0.1, 0.15) is 0 Å². The van der Waals surface area contributed by atoms with Crippen molar-refractivity contribution in [3.8, 4) is 0 Å². The third-order valence-corrected chi connectivity index (χ3v) is 4.18. The summed E-state index contributed by atoms with van der Waals surface area (Å²) in [6, 6.07) is 6.25. The van der Waals surface area contributed by atoms with Crippen LogP contribution in [0.15, 0.2) is 41.6 Å². The lowest BCUT2D eigenvalue weighted by Gasteiger charge is -2.11. The van der Waals surface area contributed by atoms with Crippen LogP contribution >= 0.6 is 0 Å². The molecule has 6 heteroatoms. The topological polar surface area (TPSA) is 85.1 Å². The number of rotatable bonds is 3. The maximum absolute atomic E-state index is 12.2. The minimum absolute atomic E-state index is 0.190. The lowest BCUT2D eigenvalue weighted by Crippen LogP contribution is -2.14. The van der Waals surface area contributed by atoms with E-state index in [0.29, 0.717) is 11.4 Å². The van der Waals surface area contributed by atoms with Crippen LogP contribution in [0.25, 0.3) is 0 Å². The van der Waals surface area contributed by atoms with Crippen molar-refractivity contribution in [2.24, 2.45) is 0 Å². The van der Waals surface area contributed by atoms with Crippen LogP contribution in [0.5, 0.6) is 0 Å². The SMILES string of the molecule is Cc1cc(S(=O)(=O)Nc2ccncc2C)ccc1N. The van der Waals surface area contributed by atoms with Gasteiger partial charge in [0.05, 0.1) is 10.6 Å². The van der Waals surface area contributed by atoms with Crippen molar-refractivity contribution in [3.05, 3.63) is 47.8 Å². The highest BCUT2D eigenvalue weighted by atomic mass is 32.2. The number of nitrogen functional groups attached to an aromatic ring is 1. The van der Waals surface area contributed by atoms with E-state index in [1.807, 2.05) is 0 Å². The van der Waals surface area contributed by atoms with E-state index in [2.05, 4.69) is 9.71 Å². The number of nitrogens with one attached hydrogen (secondary N) is 1. The van der Waals surface area contributed by atoms with Crippen molar-refractivity contribution >= 4 is 21.4 Å². The average Bonchev–Trinajstić information content (AvgIpc) is 2.35. The smallest absolute Gasteiger partial charge is 0.261 e. The first-order valence-electron chi connectivity index (χ1n) is 5.70. The monoisotopic (exact) mass is 277 g/mol. The molecule has 0 bridgehead atoms. The van der Waals surface area contributed by atoms with Gasteiger partial charge in [0.2, 0.25) is 0 Å². The Bertz CT molecular complexity index is 712. The number of nitrogens with zero attached hydrogens (tertiary/aromatic N) is 1. The zero-order valence-electron chi connectivity index (χ0n) is 10.7. The summed E-state index contributed by atoms with van der Waals surface area (Å²) in [4.78, 5) is 4.11. The van der Waals surface area contributed by atoms with Gasteiger partial charge in [-0.05, 0) is 49.2 Å². The predicted molar refractivity (Wildman–Crippen MR) is 75.4 cm³/mol. The Morgan fingerprint density at radius 3 is 2.53 bits per heavy atom. The van der Waals surface area contributed by atoms with Gasteiger partial charge < -0.3 is 5.73 Å². The second-order valence-electron chi connectivity index (χ2n) is 4.31. The highest BCUT2D eigenvalue weighted by Crippen LogP contribution is 2.21. The first kappa shape index (κ1) is 13.4. The molecule has 0 saturated heterocycles. The van der Waals surface area contributed by atoms with E-state index in [-0.39, 0.29) is 4.90 Å². The van der Waals surface area contributed by atoms with Gasteiger partial charge in [-0.3, -0.25) is 9.71 Å². The van der Waals surface area contributed by atoms with E-state index in [1.54, 1.807) is 44.4 Å². The van der Waals surface area contributed by atoms with Crippen LogP contribution in [0.4, 0.5) is 11.4 Å². The molecular formula is C13H15N3O2S. The van der Waals surface area contributed by atoms with E-state index in [0.717, 1.165) is 11.1 Å². The highest BCUT2D eigenvalue weighted by Gasteiger charge is 2.15. The quantitative estimate of drug-likeness (QED) is 0.841. The molecule has 1 aromatic heterocycles. The number of pyridine rings is 1. The predicted octanol–water partition coefficient (Wildman–Crippen LogP) is 2.08. The van der Waals surface area contributed by atoms with E-state index >= 15 is 0 Å². The molecule has 0 aliphatic carbocycles. The molecule has 0 unspecified atom stereocenters. The van der Waals surface area contributed by atoms with Crippen LogP contribution in [-0.2, 0) is 10.0 Å². The summed E-state index contributed by atoms with van der Waals surface area (Å²) in [5.74, 6) is 0. The zero-order valence-corrected chi connectivity index (χ0v) is 11.5. The second-order valence-corrected chi connectivity index (χ2v) is 6.00. The summed E-state index contributed by atoms with van der Waals surface area (Å²) in [7, 11) is -3.61. The molecule has 2 aromatic rings. The third-order valence-electron chi connectivity index (χ3n) is 2.82. The van der Waals surface area contributed by atoms with Crippen molar-refractivity contribution in [1.82, 2.24) is 4.98 Å². The number of sulfonamides is 1. The fourth-order valence-electron chi connectivity index (χ4n) is 1.61. The molecule has 0 spiro atoms. The molecule has 2 rings (SSSR count). The summed E-state index contributed by atoms with van der Waals surface area (Å²) in [5.41, 5.74) is 8.26. The Kier molecular flexibility index (Phi) is 3.44. The molecule has 100 valence electrons. The van der Waals surface area contributed by atoms with Crippen molar-refractivity contribution in [2.75, 3.05) is 10.5 Å². The van der Waals surface area contributed by atoms with Gasteiger partial charge in [0, 0.05) is 18.1 Å². The number of aromatic nitrogens is 1. The van der Waals surface area contributed by atoms with Gasteiger partial charge in [-0.1, -0.05) is 0 Å². The van der Waals surface area contributed by atoms with Crippen LogP contribution in [0.2, 0.25) is 0 Å². The fourth-order valence-corrected chi connectivity index (χ4v) is 2.82. The molecule has 1 heterocycles. The van der Waals surface area contributed by atoms with Crippen molar-refractivity contribution < 1.29 is 8.42 Å². The first-order valence-corrected chi connectivity index (χ1v) is 7.18. The number of anilines is 2. The van der Waals surface area contributed by atoms with Crippen LogP contribution in [0, 0.1) is 13.8 Å². The van der Waals surface area contributed by atoms with Gasteiger partial charge in [0.25, 0.3) is 10.0 Å². The molecule has 3 N–H and O–H groups in total. The molecule has 0 aliphatic rings. The van der Waals surface area contributed by atoms with Gasteiger partial charge in [0.15, 0.2) is 0 Å². The van der Waals surface area contributed by atoms with Crippen LogP contribution < -0.4 is 10.5 Å². The van der Waals surface area contributed by atoms with E-state index in [4.69, 9.17) is 5.73 Å².